The Labute approximate surface area is 169 Å². The first-order valence-corrected chi connectivity index (χ1v) is 11.5. The van der Waals surface area contributed by atoms with Crippen LogP contribution in [-0.2, 0) is 22.1 Å². The van der Waals surface area contributed by atoms with E-state index >= 15 is 0 Å². The Bertz CT molecular complexity index is 1280. The quantitative estimate of drug-likeness (QED) is 0.471. The standard InChI is InChI=1S/C22H22N2O4S/c1-29(26,27)15-18-17-8-3-5-10-20(17)28-21(18)22(25)23-12-6-13-24-14-11-16-7-2-4-9-19(16)24/h2-5,7-11,14H,6,12-13,15H2,1H3,(H,23,25). The zero-order chi connectivity index (χ0) is 20.4. The molecule has 2 aromatic carbocycles. The van der Waals surface area contributed by atoms with E-state index in [0.717, 1.165) is 24.7 Å². The number of hydrogen-bond donors (Lipinski definition) is 1. The molecular weight excluding hydrogens is 388 g/mol. The molecule has 0 aliphatic carbocycles. The molecule has 4 aromatic rings. The second kappa shape index (κ2) is 7.75. The number of sulfone groups is 1. The first-order chi connectivity index (χ1) is 13.9. The molecule has 0 radical (unpaired) electrons. The average molecular weight is 410 g/mol. The van der Waals surface area contributed by atoms with Crippen molar-refractivity contribution in [2.24, 2.45) is 0 Å². The van der Waals surface area contributed by atoms with Crippen LogP contribution in [0.4, 0.5) is 0 Å². The number of hydrogen-bond acceptors (Lipinski definition) is 4. The minimum absolute atomic E-state index is 0.0723. The van der Waals surface area contributed by atoms with E-state index in [0.29, 0.717) is 23.1 Å². The molecule has 0 aliphatic rings. The van der Waals surface area contributed by atoms with Crippen LogP contribution >= 0.6 is 0 Å². The Balaban J connectivity index is 1.45. The molecule has 7 heteroatoms. The lowest BCUT2D eigenvalue weighted by molar-refractivity contribution is 0.0926. The highest BCUT2D eigenvalue weighted by atomic mass is 32.2. The molecule has 0 fully saturated rings. The molecule has 2 heterocycles. The smallest absolute Gasteiger partial charge is 0.287 e. The van der Waals surface area contributed by atoms with Gasteiger partial charge in [-0.3, -0.25) is 4.79 Å². The predicted octanol–water partition coefficient (Wildman–Crippen LogP) is 3.75. The number of amides is 1. The van der Waals surface area contributed by atoms with Gasteiger partial charge in [0.25, 0.3) is 5.91 Å². The van der Waals surface area contributed by atoms with Crippen molar-refractivity contribution in [2.45, 2.75) is 18.7 Å². The molecule has 0 bridgehead atoms. The number of rotatable bonds is 7. The zero-order valence-corrected chi connectivity index (χ0v) is 16.9. The summed E-state index contributed by atoms with van der Waals surface area (Å²) >= 11 is 0. The van der Waals surface area contributed by atoms with Crippen molar-refractivity contribution >= 4 is 37.6 Å². The number of aryl methyl sites for hydroxylation is 1. The predicted molar refractivity (Wildman–Crippen MR) is 114 cm³/mol. The maximum absolute atomic E-state index is 12.7. The van der Waals surface area contributed by atoms with Crippen molar-refractivity contribution in [2.75, 3.05) is 12.8 Å². The Hall–Kier alpha value is -3.06. The van der Waals surface area contributed by atoms with E-state index in [1.54, 1.807) is 24.3 Å². The molecule has 1 amide bonds. The molecule has 0 saturated heterocycles. The van der Waals surface area contributed by atoms with Gasteiger partial charge in [-0.25, -0.2) is 8.42 Å². The number of benzene rings is 2. The van der Waals surface area contributed by atoms with Crippen molar-refractivity contribution < 1.29 is 17.6 Å². The van der Waals surface area contributed by atoms with Crippen molar-refractivity contribution in [3.63, 3.8) is 0 Å². The molecule has 0 saturated carbocycles. The average Bonchev–Trinajstić information content (AvgIpc) is 3.26. The van der Waals surface area contributed by atoms with Crippen LogP contribution in [-0.4, -0.2) is 31.7 Å². The van der Waals surface area contributed by atoms with Gasteiger partial charge in [0.1, 0.15) is 5.58 Å². The third-order valence-electron chi connectivity index (χ3n) is 4.85. The Morgan fingerprint density at radius 3 is 2.66 bits per heavy atom. The van der Waals surface area contributed by atoms with E-state index < -0.39 is 15.7 Å². The maximum atomic E-state index is 12.7. The van der Waals surface area contributed by atoms with Crippen LogP contribution in [0.25, 0.3) is 21.9 Å². The summed E-state index contributed by atoms with van der Waals surface area (Å²) in [7, 11) is -3.31. The third kappa shape index (κ3) is 4.19. The van der Waals surface area contributed by atoms with Gasteiger partial charge in [0.15, 0.2) is 15.6 Å². The molecule has 1 N–H and O–H groups in total. The lowest BCUT2D eigenvalue weighted by atomic mass is 10.1. The number of para-hydroxylation sites is 2. The van der Waals surface area contributed by atoms with E-state index in [4.69, 9.17) is 4.42 Å². The van der Waals surface area contributed by atoms with Crippen molar-refractivity contribution in [1.29, 1.82) is 0 Å². The number of aromatic nitrogens is 1. The number of carbonyl (C=O) groups is 1. The summed E-state index contributed by atoms with van der Waals surface area (Å²) in [6.07, 6.45) is 3.93. The number of nitrogens with zero attached hydrogens (tertiary/aromatic N) is 1. The fourth-order valence-corrected chi connectivity index (χ4v) is 4.37. The maximum Gasteiger partial charge on any atom is 0.287 e. The molecule has 0 aliphatic heterocycles. The van der Waals surface area contributed by atoms with Crippen LogP contribution < -0.4 is 5.32 Å². The molecular formula is C22H22N2O4S. The van der Waals surface area contributed by atoms with Crippen molar-refractivity contribution in [3.8, 4) is 0 Å². The molecule has 0 unspecified atom stereocenters. The largest absolute Gasteiger partial charge is 0.451 e. The number of furan rings is 1. The van der Waals surface area contributed by atoms with Gasteiger partial charge in [0.2, 0.25) is 0 Å². The fraction of sp³-hybridized carbons (Fsp3) is 0.227. The molecule has 6 nitrogen and oxygen atoms in total. The number of fused-ring (bicyclic) bond motifs is 2. The van der Waals surface area contributed by atoms with E-state index in [9.17, 15) is 13.2 Å². The van der Waals surface area contributed by atoms with Crippen molar-refractivity contribution in [1.82, 2.24) is 9.88 Å². The van der Waals surface area contributed by atoms with Gasteiger partial charge < -0.3 is 14.3 Å². The highest BCUT2D eigenvalue weighted by Crippen LogP contribution is 2.27. The van der Waals surface area contributed by atoms with Crippen molar-refractivity contribution in [3.05, 3.63) is 72.1 Å². The highest BCUT2D eigenvalue weighted by Gasteiger charge is 2.23. The van der Waals surface area contributed by atoms with E-state index in [1.165, 1.54) is 5.39 Å². The number of nitrogens with one attached hydrogen (secondary N) is 1. The van der Waals surface area contributed by atoms with Crippen LogP contribution in [0, 0.1) is 0 Å². The molecule has 0 spiro atoms. The van der Waals surface area contributed by atoms with Gasteiger partial charge in [0, 0.05) is 42.0 Å². The summed E-state index contributed by atoms with van der Waals surface area (Å²) in [5.74, 6) is -0.553. The lowest BCUT2D eigenvalue weighted by Gasteiger charge is -2.07. The van der Waals surface area contributed by atoms with Crippen LogP contribution in [0.15, 0.2) is 65.2 Å². The highest BCUT2D eigenvalue weighted by molar-refractivity contribution is 7.89. The Morgan fingerprint density at radius 2 is 1.83 bits per heavy atom. The minimum atomic E-state index is -3.31. The van der Waals surface area contributed by atoms with Gasteiger partial charge in [-0.1, -0.05) is 36.4 Å². The third-order valence-corrected chi connectivity index (χ3v) is 5.67. The SMILES string of the molecule is CS(=O)(=O)Cc1c(C(=O)NCCCn2ccc3ccccc32)oc2ccccc12. The monoisotopic (exact) mass is 410 g/mol. The van der Waals surface area contributed by atoms with E-state index in [1.807, 2.05) is 18.3 Å². The summed E-state index contributed by atoms with van der Waals surface area (Å²) in [4.78, 5) is 12.7. The number of carbonyl (C=O) groups excluding carboxylic acids is 1. The first kappa shape index (κ1) is 19.3. The summed E-state index contributed by atoms with van der Waals surface area (Å²) in [5, 5.41) is 4.69. The van der Waals surface area contributed by atoms with Gasteiger partial charge >= 0.3 is 0 Å². The van der Waals surface area contributed by atoms with Crippen LogP contribution in [0.2, 0.25) is 0 Å². The molecule has 2 aromatic heterocycles. The Kier molecular flexibility index (Phi) is 5.15. The van der Waals surface area contributed by atoms with Gasteiger partial charge in [-0.05, 0) is 30.0 Å². The fourth-order valence-electron chi connectivity index (χ4n) is 3.55. The van der Waals surface area contributed by atoms with E-state index in [2.05, 4.69) is 28.1 Å². The Morgan fingerprint density at radius 1 is 1.07 bits per heavy atom. The topological polar surface area (TPSA) is 81.3 Å². The molecule has 0 atom stereocenters. The summed E-state index contributed by atoms with van der Waals surface area (Å²) in [5.41, 5.74) is 2.08. The lowest BCUT2D eigenvalue weighted by Crippen LogP contribution is -2.26. The minimum Gasteiger partial charge on any atom is -0.451 e. The summed E-state index contributed by atoms with van der Waals surface area (Å²) < 4.78 is 31.5. The van der Waals surface area contributed by atoms with Gasteiger partial charge in [0.05, 0.1) is 5.75 Å². The second-order valence-electron chi connectivity index (χ2n) is 7.15. The molecule has 4 rings (SSSR count). The van der Waals surface area contributed by atoms with Gasteiger partial charge in [-0.15, -0.1) is 0 Å². The first-order valence-electron chi connectivity index (χ1n) is 9.42. The summed E-state index contributed by atoms with van der Waals surface area (Å²) in [6, 6.07) is 17.3. The van der Waals surface area contributed by atoms with E-state index in [-0.39, 0.29) is 11.5 Å². The van der Waals surface area contributed by atoms with Crippen LogP contribution in [0.5, 0.6) is 0 Å². The van der Waals surface area contributed by atoms with Gasteiger partial charge in [-0.2, -0.15) is 0 Å². The van der Waals surface area contributed by atoms with Crippen LogP contribution in [0.1, 0.15) is 22.5 Å². The summed E-state index contributed by atoms with van der Waals surface area (Å²) in [6.45, 7) is 1.23. The molecule has 150 valence electrons. The van der Waals surface area contributed by atoms with Crippen LogP contribution in [0.3, 0.4) is 0 Å². The second-order valence-corrected chi connectivity index (χ2v) is 9.29. The normalized spacial score (nSPS) is 11.9. The molecule has 29 heavy (non-hydrogen) atoms. The zero-order valence-electron chi connectivity index (χ0n) is 16.1.